The molecule has 0 bridgehead atoms. The Balaban J connectivity index is 2.70. The lowest BCUT2D eigenvalue weighted by molar-refractivity contribution is 0.0731. The predicted molar refractivity (Wildman–Crippen MR) is 79.9 cm³/mol. The van der Waals surface area contributed by atoms with Crippen molar-refractivity contribution in [1.82, 2.24) is 4.90 Å². The van der Waals surface area contributed by atoms with Crippen LogP contribution in [-0.4, -0.2) is 62.0 Å². The molecule has 1 heterocycles. The molecule has 18 heavy (non-hydrogen) atoms. The molecule has 1 rings (SSSR count). The minimum Gasteiger partial charge on any atom is -0.329 e. The average Bonchev–Trinajstić information content (AvgIpc) is 2.36. The van der Waals surface area contributed by atoms with Crippen LogP contribution < -0.4 is 5.73 Å². The summed E-state index contributed by atoms with van der Waals surface area (Å²) in [5.41, 5.74) is 5.83. The Morgan fingerprint density at radius 1 is 1.39 bits per heavy atom. The third kappa shape index (κ3) is 3.85. The largest absolute Gasteiger partial charge is 0.329 e. The van der Waals surface area contributed by atoms with E-state index in [-0.39, 0.29) is 17.0 Å². The number of thioether (sulfide) groups is 1. The van der Waals surface area contributed by atoms with E-state index in [9.17, 15) is 8.42 Å². The zero-order valence-electron chi connectivity index (χ0n) is 11.7. The second-order valence-corrected chi connectivity index (χ2v) is 8.61. The molecule has 0 aliphatic carbocycles. The fraction of sp³-hybridized carbons (Fsp3) is 1.00. The minimum atomic E-state index is -2.83. The van der Waals surface area contributed by atoms with Crippen LogP contribution in [0.3, 0.4) is 0 Å². The van der Waals surface area contributed by atoms with Crippen molar-refractivity contribution in [3.05, 3.63) is 0 Å². The minimum absolute atomic E-state index is 0.122. The van der Waals surface area contributed by atoms with Crippen LogP contribution in [0.15, 0.2) is 0 Å². The second kappa shape index (κ2) is 6.59. The van der Waals surface area contributed by atoms with Gasteiger partial charge in [0.05, 0.1) is 11.5 Å². The van der Waals surface area contributed by atoms with Crippen molar-refractivity contribution in [2.45, 2.75) is 37.8 Å². The van der Waals surface area contributed by atoms with Crippen molar-refractivity contribution < 1.29 is 8.42 Å². The number of rotatable bonds is 6. The zero-order chi connectivity index (χ0) is 13.8. The van der Waals surface area contributed by atoms with Gasteiger partial charge in [-0.1, -0.05) is 0 Å². The Kier molecular flexibility index (Phi) is 5.96. The molecule has 2 N–H and O–H groups in total. The standard InChI is InChI=1S/C12H26N2O2S2/c1-11(4-7-17-3)14(2)12(10-13)5-8-18(15,16)9-6-12/h11H,4-10,13H2,1-3H3. The molecule has 1 aliphatic rings. The Morgan fingerprint density at radius 3 is 2.39 bits per heavy atom. The van der Waals surface area contributed by atoms with E-state index < -0.39 is 9.84 Å². The predicted octanol–water partition coefficient (Wildman–Crippen LogP) is 0.966. The van der Waals surface area contributed by atoms with Gasteiger partial charge in [0.1, 0.15) is 9.84 Å². The van der Waals surface area contributed by atoms with Gasteiger partial charge in [-0.3, -0.25) is 4.90 Å². The molecule has 0 radical (unpaired) electrons. The van der Waals surface area contributed by atoms with Gasteiger partial charge < -0.3 is 5.73 Å². The molecule has 1 unspecified atom stereocenters. The molecule has 1 saturated heterocycles. The Bertz CT molecular complexity index is 343. The topological polar surface area (TPSA) is 63.4 Å². The first-order valence-electron chi connectivity index (χ1n) is 6.49. The SMILES string of the molecule is CSCCC(C)N(C)C1(CN)CCS(=O)(=O)CC1. The lowest BCUT2D eigenvalue weighted by atomic mass is 9.89. The summed E-state index contributed by atoms with van der Waals surface area (Å²) < 4.78 is 23.1. The first-order valence-corrected chi connectivity index (χ1v) is 9.71. The van der Waals surface area contributed by atoms with Gasteiger partial charge in [0.2, 0.25) is 0 Å². The van der Waals surface area contributed by atoms with Crippen LogP contribution in [0.25, 0.3) is 0 Å². The molecular formula is C12H26N2O2S2. The highest BCUT2D eigenvalue weighted by Crippen LogP contribution is 2.30. The first-order chi connectivity index (χ1) is 8.37. The van der Waals surface area contributed by atoms with Crippen LogP contribution >= 0.6 is 11.8 Å². The monoisotopic (exact) mass is 294 g/mol. The second-order valence-electron chi connectivity index (χ2n) is 5.32. The zero-order valence-corrected chi connectivity index (χ0v) is 13.3. The van der Waals surface area contributed by atoms with Crippen LogP contribution in [0.1, 0.15) is 26.2 Å². The molecule has 108 valence electrons. The number of hydrogen-bond acceptors (Lipinski definition) is 5. The summed E-state index contributed by atoms with van der Waals surface area (Å²) >= 11 is 1.85. The molecule has 0 amide bonds. The van der Waals surface area contributed by atoms with Crippen LogP contribution in [0.4, 0.5) is 0 Å². The van der Waals surface area contributed by atoms with E-state index >= 15 is 0 Å². The third-order valence-corrected chi connectivity index (χ3v) is 6.58. The first kappa shape index (κ1) is 16.3. The lowest BCUT2D eigenvalue weighted by Gasteiger charge is -2.46. The number of hydrogen-bond donors (Lipinski definition) is 1. The molecule has 0 aromatic heterocycles. The van der Waals surface area contributed by atoms with Crippen molar-refractivity contribution in [2.24, 2.45) is 5.73 Å². The van der Waals surface area contributed by atoms with Crippen molar-refractivity contribution in [3.63, 3.8) is 0 Å². The Labute approximate surface area is 116 Å². The van der Waals surface area contributed by atoms with E-state index in [1.165, 1.54) is 0 Å². The summed E-state index contributed by atoms with van der Waals surface area (Å²) in [5.74, 6) is 1.69. The molecule has 6 heteroatoms. The Morgan fingerprint density at radius 2 is 1.94 bits per heavy atom. The normalized spacial score (nSPS) is 24.1. The van der Waals surface area contributed by atoms with Gasteiger partial charge in [0.25, 0.3) is 0 Å². The highest BCUT2D eigenvalue weighted by atomic mass is 32.2. The molecule has 0 aromatic rings. The van der Waals surface area contributed by atoms with Crippen LogP contribution in [0, 0.1) is 0 Å². The highest BCUT2D eigenvalue weighted by Gasteiger charge is 2.40. The maximum absolute atomic E-state index is 11.6. The van der Waals surface area contributed by atoms with Crippen molar-refractivity contribution in [2.75, 3.05) is 37.1 Å². The molecular weight excluding hydrogens is 268 g/mol. The van der Waals surface area contributed by atoms with E-state index in [1.54, 1.807) is 0 Å². The van der Waals surface area contributed by atoms with Gasteiger partial charge in [0.15, 0.2) is 0 Å². The third-order valence-electron chi connectivity index (χ3n) is 4.29. The molecule has 0 spiro atoms. The van der Waals surface area contributed by atoms with Crippen molar-refractivity contribution in [1.29, 1.82) is 0 Å². The van der Waals surface area contributed by atoms with Gasteiger partial charge in [-0.25, -0.2) is 8.42 Å². The van der Waals surface area contributed by atoms with Gasteiger partial charge >= 0.3 is 0 Å². The molecule has 0 saturated carbocycles. The Hall–Kier alpha value is 0.220. The summed E-state index contributed by atoms with van der Waals surface area (Å²) in [6.07, 6.45) is 4.57. The average molecular weight is 294 g/mol. The van der Waals surface area contributed by atoms with E-state index in [4.69, 9.17) is 5.73 Å². The number of sulfone groups is 1. The van der Waals surface area contributed by atoms with E-state index in [1.807, 2.05) is 11.8 Å². The van der Waals surface area contributed by atoms with Gasteiger partial charge in [-0.05, 0) is 45.2 Å². The van der Waals surface area contributed by atoms with Crippen LogP contribution in [0.5, 0.6) is 0 Å². The molecule has 1 fully saturated rings. The van der Waals surface area contributed by atoms with Crippen LogP contribution in [-0.2, 0) is 9.84 Å². The fourth-order valence-corrected chi connectivity index (χ4v) is 4.73. The molecule has 4 nitrogen and oxygen atoms in total. The molecule has 0 aromatic carbocycles. The van der Waals surface area contributed by atoms with E-state index in [2.05, 4.69) is 25.1 Å². The summed E-state index contributed by atoms with van der Waals surface area (Å²) in [5, 5.41) is 0. The summed E-state index contributed by atoms with van der Waals surface area (Å²) in [6, 6.07) is 0.446. The van der Waals surface area contributed by atoms with Crippen molar-refractivity contribution >= 4 is 21.6 Å². The summed E-state index contributed by atoms with van der Waals surface area (Å²) in [6.45, 7) is 2.75. The van der Waals surface area contributed by atoms with Gasteiger partial charge in [-0.15, -0.1) is 0 Å². The quantitative estimate of drug-likeness (QED) is 0.791. The van der Waals surface area contributed by atoms with Crippen molar-refractivity contribution in [3.8, 4) is 0 Å². The van der Waals surface area contributed by atoms with Gasteiger partial charge in [0, 0.05) is 18.1 Å². The maximum Gasteiger partial charge on any atom is 0.150 e. The van der Waals surface area contributed by atoms with Crippen LogP contribution in [0.2, 0.25) is 0 Å². The number of nitrogens with two attached hydrogens (primary N) is 1. The van der Waals surface area contributed by atoms with E-state index in [0.717, 1.165) is 12.2 Å². The number of likely N-dealkylation sites (N-methyl/N-ethyl adjacent to an activating group) is 1. The maximum atomic E-state index is 11.6. The van der Waals surface area contributed by atoms with Gasteiger partial charge in [-0.2, -0.15) is 11.8 Å². The van der Waals surface area contributed by atoms with E-state index in [0.29, 0.717) is 25.4 Å². The summed E-state index contributed by atoms with van der Waals surface area (Å²) in [7, 11) is -0.733. The summed E-state index contributed by atoms with van der Waals surface area (Å²) in [4.78, 5) is 2.32. The lowest BCUT2D eigenvalue weighted by Crippen LogP contribution is -2.58. The number of nitrogens with zero attached hydrogens (tertiary/aromatic N) is 1. The smallest absolute Gasteiger partial charge is 0.150 e. The highest BCUT2D eigenvalue weighted by molar-refractivity contribution is 7.98. The molecule has 1 aliphatic heterocycles. The fourth-order valence-electron chi connectivity index (χ4n) is 2.57. The molecule has 1 atom stereocenters.